The molecule has 4 nitrogen and oxygen atoms in total. The van der Waals surface area contributed by atoms with Gasteiger partial charge in [0.2, 0.25) is 5.91 Å². The van der Waals surface area contributed by atoms with Crippen LogP contribution in [-0.2, 0) is 11.3 Å². The van der Waals surface area contributed by atoms with E-state index < -0.39 is 6.61 Å². The highest BCUT2D eigenvalue weighted by atomic mass is 19.3. The summed E-state index contributed by atoms with van der Waals surface area (Å²) in [7, 11) is 1.70. The number of benzene rings is 1. The van der Waals surface area contributed by atoms with Gasteiger partial charge in [-0.15, -0.1) is 0 Å². The van der Waals surface area contributed by atoms with Crippen LogP contribution in [0, 0.1) is 5.92 Å². The molecule has 0 radical (unpaired) electrons. The molecule has 2 N–H and O–H groups in total. The summed E-state index contributed by atoms with van der Waals surface area (Å²) in [5, 5.41) is 0. The van der Waals surface area contributed by atoms with Gasteiger partial charge in [-0.25, -0.2) is 0 Å². The number of nitrogens with zero attached hydrogens (tertiary/aromatic N) is 1. The van der Waals surface area contributed by atoms with Crippen LogP contribution in [0.25, 0.3) is 0 Å². The van der Waals surface area contributed by atoms with Crippen LogP contribution in [0.5, 0.6) is 5.75 Å². The summed E-state index contributed by atoms with van der Waals surface area (Å²) >= 11 is 0. The van der Waals surface area contributed by atoms with Gasteiger partial charge in [0.1, 0.15) is 5.75 Å². The van der Waals surface area contributed by atoms with E-state index >= 15 is 0 Å². The lowest BCUT2D eigenvalue weighted by Crippen LogP contribution is -2.29. The second-order valence-electron chi connectivity index (χ2n) is 4.82. The van der Waals surface area contributed by atoms with Crippen molar-refractivity contribution in [2.75, 3.05) is 13.6 Å². The predicted octanol–water partition coefficient (Wildman–Crippen LogP) is 2.23. The fourth-order valence-corrected chi connectivity index (χ4v) is 1.68. The van der Waals surface area contributed by atoms with Crippen molar-refractivity contribution in [3.05, 3.63) is 29.8 Å². The first-order valence-electron chi connectivity index (χ1n) is 6.40. The number of alkyl halides is 2. The number of hydrogen-bond donors (Lipinski definition) is 1. The van der Waals surface area contributed by atoms with Gasteiger partial charge in [-0.1, -0.05) is 19.1 Å². The quantitative estimate of drug-likeness (QED) is 0.836. The van der Waals surface area contributed by atoms with Crippen LogP contribution in [0.4, 0.5) is 8.78 Å². The molecule has 0 bridgehead atoms. The number of nitrogens with two attached hydrogens (primary N) is 1. The molecule has 20 heavy (non-hydrogen) atoms. The van der Waals surface area contributed by atoms with Crippen LogP contribution in [0.3, 0.4) is 0 Å². The van der Waals surface area contributed by atoms with E-state index in [9.17, 15) is 13.6 Å². The second-order valence-corrected chi connectivity index (χ2v) is 4.82. The van der Waals surface area contributed by atoms with Crippen molar-refractivity contribution >= 4 is 5.91 Å². The van der Waals surface area contributed by atoms with Crippen molar-refractivity contribution < 1.29 is 18.3 Å². The Bertz CT molecular complexity index is 424. The largest absolute Gasteiger partial charge is 0.435 e. The van der Waals surface area contributed by atoms with Gasteiger partial charge in [0.05, 0.1) is 0 Å². The average Bonchev–Trinajstić information content (AvgIpc) is 2.40. The Balaban J connectivity index is 2.53. The first-order chi connectivity index (χ1) is 9.42. The van der Waals surface area contributed by atoms with E-state index in [1.807, 2.05) is 6.92 Å². The predicted molar refractivity (Wildman–Crippen MR) is 72.4 cm³/mol. The molecule has 0 heterocycles. The van der Waals surface area contributed by atoms with Crippen molar-refractivity contribution in [1.82, 2.24) is 4.90 Å². The Hall–Kier alpha value is -1.69. The Morgan fingerprint density at radius 1 is 1.35 bits per heavy atom. The third kappa shape index (κ3) is 5.52. The SMILES string of the molecule is CC(CN)CC(=O)N(C)Cc1ccc(OC(F)F)cc1. The lowest BCUT2D eigenvalue weighted by atomic mass is 10.1. The molecular weight excluding hydrogens is 266 g/mol. The van der Waals surface area contributed by atoms with Crippen LogP contribution in [-0.4, -0.2) is 31.0 Å². The molecule has 0 aliphatic carbocycles. The Morgan fingerprint density at radius 3 is 2.45 bits per heavy atom. The molecule has 0 saturated carbocycles. The molecule has 1 aromatic rings. The molecule has 0 aliphatic heterocycles. The molecule has 1 rings (SSSR count). The third-order valence-electron chi connectivity index (χ3n) is 2.92. The number of hydrogen-bond acceptors (Lipinski definition) is 3. The van der Waals surface area contributed by atoms with Gasteiger partial charge < -0.3 is 15.4 Å². The Morgan fingerprint density at radius 2 is 1.95 bits per heavy atom. The Labute approximate surface area is 117 Å². The summed E-state index contributed by atoms with van der Waals surface area (Å²) in [4.78, 5) is 13.5. The van der Waals surface area contributed by atoms with Crippen LogP contribution in [0.15, 0.2) is 24.3 Å². The lowest BCUT2D eigenvalue weighted by Gasteiger charge is -2.19. The summed E-state index contributed by atoms with van der Waals surface area (Å²) in [6.07, 6.45) is 0.402. The number of carbonyl (C=O) groups is 1. The number of amides is 1. The number of rotatable bonds is 7. The fourth-order valence-electron chi connectivity index (χ4n) is 1.68. The second kappa shape index (κ2) is 7.79. The molecule has 6 heteroatoms. The summed E-state index contributed by atoms with van der Waals surface area (Å²) in [6.45, 7) is -0.0186. The topological polar surface area (TPSA) is 55.6 Å². The molecule has 1 amide bonds. The van der Waals surface area contributed by atoms with Crippen molar-refractivity contribution in [3.8, 4) is 5.75 Å². The summed E-state index contributed by atoms with van der Waals surface area (Å²) < 4.78 is 28.3. The first-order valence-corrected chi connectivity index (χ1v) is 6.40. The summed E-state index contributed by atoms with van der Waals surface area (Å²) in [5.74, 6) is 0.261. The molecule has 1 atom stereocenters. The minimum atomic E-state index is -2.83. The van der Waals surface area contributed by atoms with Gasteiger partial charge in [0.15, 0.2) is 0 Å². The molecule has 0 aliphatic rings. The van der Waals surface area contributed by atoms with Crippen molar-refractivity contribution in [3.63, 3.8) is 0 Å². The summed E-state index contributed by atoms with van der Waals surface area (Å²) in [6, 6.07) is 6.24. The zero-order valence-corrected chi connectivity index (χ0v) is 11.7. The molecule has 0 saturated heterocycles. The van der Waals surface area contributed by atoms with E-state index in [-0.39, 0.29) is 17.6 Å². The van der Waals surface area contributed by atoms with E-state index in [4.69, 9.17) is 5.73 Å². The average molecular weight is 286 g/mol. The van der Waals surface area contributed by atoms with Gasteiger partial charge >= 0.3 is 6.61 Å². The fraction of sp³-hybridized carbons (Fsp3) is 0.500. The number of carbonyl (C=O) groups excluding carboxylic acids is 1. The molecule has 0 aromatic heterocycles. The highest BCUT2D eigenvalue weighted by molar-refractivity contribution is 5.76. The highest BCUT2D eigenvalue weighted by Crippen LogP contribution is 2.16. The zero-order valence-electron chi connectivity index (χ0n) is 11.7. The normalized spacial score (nSPS) is 12.3. The number of halogens is 2. The molecule has 112 valence electrons. The number of ether oxygens (including phenoxy) is 1. The van der Waals surface area contributed by atoms with Crippen molar-refractivity contribution in [2.24, 2.45) is 11.7 Å². The van der Waals surface area contributed by atoms with Gasteiger partial charge in [-0.3, -0.25) is 4.79 Å². The first kappa shape index (κ1) is 16.4. The third-order valence-corrected chi connectivity index (χ3v) is 2.92. The maximum absolute atomic E-state index is 12.0. The molecule has 0 spiro atoms. The van der Waals surface area contributed by atoms with Gasteiger partial charge in [-0.2, -0.15) is 8.78 Å². The van der Waals surface area contributed by atoms with Gasteiger partial charge in [0.25, 0.3) is 0 Å². The lowest BCUT2D eigenvalue weighted by molar-refractivity contribution is -0.131. The molecule has 0 fully saturated rings. The van der Waals surface area contributed by atoms with E-state index in [2.05, 4.69) is 4.74 Å². The summed E-state index contributed by atoms with van der Waals surface area (Å²) in [5.41, 5.74) is 6.33. The maximum atomic E-state index is 12.0. The van der Waals surface area contributed by atoms with Crippen LogP contribution in [0.2, 0.25) is 0 Å². The zero-order chi connectivity index (χ0) is 15.1. The smallest absolute Gasteiger partial charge is 0.387 e. The van der Waals surface area contributed by atoms with Gasteiger partial charge in [-0.05, 0) is 30.2 Å². The minimum Gasteiger partial charge on any atom is -0.435 e. The van der Waals surface area contributed by atoms with Crippen molar-refractivity contribution in [1.29, 1.82) is 0 Å². The molecule has 1 unspecified atom stereocenters. The highest BCUT2D eigenvalue weighted by Gasteiger charge is 2.13. The van der Waals surface area contributed by atoms with Crippen molar-refractivity contribution in [2.45, 2.75) is 26.5 Å². The van der Waals surface area contributed by atoms with Gasteiger partial charge in [0, 0.05) is 20.0 Å². The van der Waals surface area contributed by atoms with Crippen LogP contribution >= 0.6 is 0 Å². The molecule has 1 aromatic carbocycles. The van der Waals surface area contributed by atoms with Crippen LogP contribution < -0.4 is 10.5 Å². The van der Waals surface area contributed by atoms with E-state index in [1.165, 1.54) is 12.1 Å². The molecular formula is C14H20F2N2O2. The van der Waals surface area contributed by atoms with E-state index in [0.717, 1.165) is 5.56 Å². The van der Waals surface area contributed by atoms with E-state index in [0.29, 0.717) is 19.5 Å². The monoisotopic (exact) mass is 286 g/mol. The van der Waals surface area contributed by atoms with Crippen LogP contribution in [0.1, 0.15) is 18.9 Å². The minimum absolute atomic E-state index is 0.0101. The maximum Gasteiger partial charge on any atom is 0.387 e. The van der Waals surface area contributed by atoms with E-state index in [1.54, 1.807) is 24.1 Å². The standard InChI is InChI=1S/C14H20F2N2O2/c1-10(8-17)7-13(19)18(2)9-11-3-5-12(6-4-11)20-14(15)16/h3-6,10,14H,7-9,17H2,1-2H3. The Kier molecular flexibility index (Phi) is 6.38.